The number of halogens is 2. The molecule has 0 aromatic rings. The van der Waals surface area contributed by atoms with Crippen molar-refractivity contribution in [1.29, 1.82) is 0 Å². The summed E-state index contributed by atoms with van der Waals surface area (Å²) >= 11 is 5.69. The van der Waals surface area contributed by atoms with Crippen LogP contribution >= 0.6 is 11.6 Å². The zero-order valence-corrected chi connectivity index (χ0v) is 10.5. The van der Waals surface area contributed by atoms with E-state index in [-0.39, 0.29) is 18.4 Å². The second-order valence-corrected chi connectivity index (χ2v) is 4.24. The van der Waals surface area contributed by atoms with Gasteiger partial charge in [-0.05, 0) is 13.0 Å². The van der Waals surface area contributed by atoms with E-state index in [1.54, 1.807) is 0 Å². The molecule has 0 saturated heterocycles. The highest BCUT2D eigenvalue weighted by Gasteiger charge is 2.18. The number of nitrogens with zero attached hydrogens (tertiary/aromatic N) is 1. The summed E-state index contributed by atoms with van der Waals surface area (Å²) in [5, 5.41) is 0.746. The molecule has 0 aliphatic rings. The van der Waals surface area contributed by atoms with E-state index < -0.39 is 0 Å². The zero-order chi connectivity index (χ0) is 10.5. The minimum Gasteiger partial charge on any atom is -1.00 e. The molecule has 0 heterocycles. The number of quaternary nitrogens is 1. The van der Waals surface area contributed by atoms with Crippen molar-refractivity contribution in [3.8, 4) is 0 Å². The average molecular weight is 242 g/mol. The van der Waals surface area contributed by atoms with Crippen LogP contribution in [0.1, 0.15) is 6.92 Å². The second-order valence-electron chi connectivity index (χ2n) is 3.64. The van der Waals surface area contributed by atoms with Gasteiger partial charge in [0.25, 0.3) is 0 Å². The van der Waals surface area contributed by atoms with Crippen LogP contribution in [-0.4, -0.2) is 44.7 Å². The van der Waals surface area contributed by atoms with E-state index in [0.29, 0.717) is 11.0 Å². The van der Waals surface area contributed by atoms with Crippen LogP contribution in [0.5, 0.6) is 0 Å². The van der Waals surface area contributed by atoms with Gasteiger partial charge in [0.2, 0.25) is 0 Å². The Hall–Kier alpha value is -0.250. The summed E-state index contributed by atoms with van der Waals surface area (Å²) < 4.78 is 5.14. The van der Waals surface area contributed by atoms with Gasteiger partial charge in [0.05, 0.1) is 27.7 Å². The molecule has 0 amide bonds. The molecule has 0 N–H and O–H groups in total. The Balaban J connectivity index is 0. The summed E-state index contributed by atoms with van der Waals surface area (Å²) in [4.78, 5) is 11.0. The molecule has 0 aliphatic carbocycles. The maximum atomic E-state index is 11.0. The fourth-order valence-electron chi connectivity index (χ4n) is 0.851. The SMILES string of the molecule is COC(=O)C[N+](C)(C)C/C=C(/C)Cl.[Cl-]. The van der Waals surface area contributed by atoms with E-state index in [4.69, 9.17) is 11.6 Å². The Morgan fingerprint density at radius 3 is 2.36 bits per heavy atom. The van der Waals surface area contributed by atoms with Crippen LogP contribution in [0.25, 0.3) is 0 Å². The Morgan fingerprint density at radius 1 is 1.50 bits per heavy atom. The summed E-state index contributed by atoms with van der Waals surface area (Å²) in [6.45, 7) is 2.90. The number of allylic oxidation sites excluding steroid dienone is 1. The topological polar surface area (TPSA) is 26.3 Å². The lowest BCUT2D eigenvalue weighted by atomic mass is 10.4. The summed E-state index contributed by atoms with van der Waals surface area (Å²) in [5.74, 6) is -0.203. The van der Waals surface area contributed by atoms with Gasteiger partial charge in [0.1, 0.15) is 0 Å². The van der Waals surface area contributed by atoms with Crippen molar-refractivity contribution in [1.82, 2.24) is 0 Å². The monoisotopic (exact) mass is 241 g/mol. The van der Waals surface area contributed by atoms with Gasteiger partial charge < -0.3 is 21.6 Å². The molecule has 0 saturated carbocycles. The molecule has 0 bridgehead atoms. The molecule has 0 aromatic carbocycles. The van der Waals surface area contributed by atoms with Crippen molar-refractivity contribution in [3.63, 3.8) is 0 Å². The van der Waals surface area contributed by atoms with Crippen LogP contribution in [0.2, 0.25) is 0 Å². The number of ether oxygens (including phenoxy) is 1. The van der Waals surface area contributed by atoms with Gasteiger partial charge in [-0.15, -0.1) is 0 Å². The molecule has 0 unspecified atom stereocenters. The summed E-state index contributed by atoms with van der Waals surface area (Å²) in [6, 6.07) is 0. The Bertz CT molecular complexity index is 211. The molecule has 0 aliphatic heterocycles. The summed E-state index contributed by atoms with van der Waals surface area (Å²) in [7, 11) is 5.30. The largest absolute Gasteiger partial charge is 1.00 e. The first-order valence-corrected chi connectivity index (χ1v) is 4.46. The van der Waals surface area contributed by atoms with E-state index in [1.165, 1.54) is 7.11 Å². The smallest absolute Gasteiger partial charge is 0.361 e. The highest BCUT2D eigenvalue weighted by Crippen LogP contribution is 2.03. The third-order valence-corrected chi connectivity index (χ3v) is 1.81. The van der Waals surface area contributed by atoms with E-state index in [0.717, 1.165) is 11.6 Å². The number of carbonyl (C=O) groups excluding carboxylic acids is 1. The third kappa shape index (κ3) is 8.35. The maximum absolute atomic E-state index is 11.0. The van der Waals surface area contributed by atoms with Gasteiger partial charge in [-0.2, -0.15) is 0 Å². The number of rotatable bonds is 4. The van der Waals surface area contributed by atoms with Crippen molar-refractivity contribution < 1.29 is 26.4 Å². The van der Waals surface area contributed by atoms with Crippen molar-refractivity contribution in [2.24, 2.45) is 0 Å². The van der Waals surface area contributed by atoms with Gasteiger partial charge in [0.15, 0.2) is 6.54 Å². The molecule has 0 spiro atoms. The highest BCUT2D eigenvalue weighted by molar-refractivity contribution is 6.29. The van der Waals surface area contributed by atoms with E-state index >= 15 is 0 Å². The fraction of sp³-hybridized carbons (Fsp3) is 0.667. The lowest BCUT2D eigenvalue weighted by Crippen LogP contribution is -3.00. The number of carbonyl (C=O) groups is 1. The third-order valence-electron chi connectivity index (χ3n) is 1.65. The number of hydrogen-bond acceptors (Lipinski definition) is 2. The first-order valence-electron chi connectivity index (χ1n) is 4.08. The number of methoxy groups -OCH3 is 1. The molecule has 3 nitrogen and oxygen atoms in total. The van der Waals surface area contributed by atoms with E-state index in [9.17, 15) is 4.79 Å². The molecule has 14 heavy (non-hydrogen) atoms. The molecule has 5 heteroatoms. The summed E-state index contributed by atoms with van der Waals surface area (Å²) in [5.41, 5.74) is 0. The van der Waals surface area contributed by atoms with Crippen molar-refractivity contribution in [3.05, 3.63) is 11.1 Å². The van der Waals surface area contributed by atoms with Crippen LogP contribution in [-0.2, 0) is 9.53 Å². The van der Waals surface area contributed by atoms with Gasteiger partial charge >= 0.3 is 5.97 Å². The minimum atomic E-state index is -0.203. The molecule has 0 fully saturated rings. The fourth-order valence-corrected chi connectivity index (χ4v) is 0.921. The van der Waals surface area contributed by atoms with Crippen LogP contribution in [0.4, 0.5) is 0 Å². The first-order chi connectivity index (χ1) is 5.87. The normalized spacial score (nSPS) is 11.9. The Morgan fingerprint density at radius 2 is 2.00 bits per heavy atom. The standard InChI is InChI=1S/C9H17ClNO2.ClH/c1-8(10)5-6-11(2,3)7-9(12)13-4;/h5H,6-7H2,1-4H3;1H/q+1;/p-1/b8-5-;. The van der Waals surface area contributed by atoms with Crippen LogP contribution in [0, 0.1) is 0 Å². The van der Waals surface area contributed by atoms with Crippen LogP contribution < -0.4 is 12.4 Å². The van der Waals surface area contributed by atoms with Gasteiger partial charge in [-0.25, -0.2) is 4.79 Å². The minimum absolute atomic E-state index is 0. The maximum Gasteiger partial charge on any atom is 0.361 e. The van der Waals surface area contributed by atoms with Crippen LogP contribution in [0.15, 0.2) is 11.1 Å². The molecule has 0 aromatic heterocycles. The van der Waals surface area contributed by atoms with E-state index in [2.05, 4.69) is 4.74 Å². The van der Waals surface area contributed by atoms with Crippen molar-refractivity contribution in [2.45, 2.75) is 6.92 Å². The first kappa shape index (κ1) is 16.2. The molecule has 84 valence electrons. The molecule has 0 radical (unpaired) electrons. The molecule has 0 atom stereocenters. The molecular weight excluding hydrogens is 225 g/mol. The van der Waals surface area contributed by atoms with Crippen molar-refractivity contribution >= 4 is 17.6 Å². The Labute approximate surface area is 96.7 Å². The second kappa shape index (κ2) is 7.10. The predicted octanol–water partition coefficient (Wildman–Crippen LogP) is -1.62. The number of esters is 1. The van der Waals surface area contributed by atoms with Crippen LogP contribution in [0.3, 0.4) is 0 Å². The highest BCUT2D eigenvalue weighted by atomic mass is 35.5. The summed E-state index contributed by atoms with van der Waals surface area (Å²) in [6.07, 6.45) is 1.89. The van der Waals surface area contributed by atoms with Gasteiger partial charge in [-0.1, -0.05) is 11.6 Å². The lowest BCUT2D eigenvalue weighted by molar-refractivity contribution is -0.877. The van der Waals surface area contributed by atoms with Gasteiger partial charge in [-0.3, -0.25) is 0 Å². The van der Waals surface area contributed by atoms with Gasteiger partial charge in [0, 0.05) is 5.03 Å². The number of hydrogen-bond donors (Lipinski definition) is 0. The molecular formula is C9H17Cl2NO2. The predicted molar refractivity (Wildman–Crippen MR) is 53.5 cm³/mol. The average Bonchev–Trinajstić information content (AvgIpc) is 2.00. The van der Waals surface area contributed by atoms with E-state index in [1.807, 2.05) is 27.1 Å². The van der Waals surface area contributed by atoms with Crippen molar-refractivity contribution in [2.75, 3.05) is 34.3 Å². The zero-order valence-electron chi connectivity index (χ0n) is 9.01. The lowest BCUT2D eigenvalue weighted by Gasteiger charge is -2.26. The number of likely N-dealkylation sites (N-methyl/N-ethyl adjacent to an activating group) is 1. The Kier molecular flexibility index (Phi) is 8.21. The molecule has 0 rings (SSSR count). The quantitative estimate of drug-likeness (QED) is 0.437.